The summed E-state index contributed by atoms with van der Waals surface area (Å²) in [6.07, 6.45) is 0. The molecule has 1 amide bonds. The van der Waals surface area contributed by atoms with E-state index in [0.717, 1.165) is 17.0 Å². The van der Waals surface area contributed by atoms with Gasteiger partial charge >= 0.3 is 0 Å². The fourth-order valence-corrected chi connectivity index (χ4v) is 1.85. The molecular weight excluding hydrogens is 254 g/mol. The van der Waals surface area contributed by atoms with Crippen molar-refractivity contribution in [1.82, 2.24) is 15.6 Å². The maximum Gasteiger partial charge on any atom is 0.251 e. The largest absolute Gasteiger partial charge is 0.444 e. The Kier molecular flexibility index (Phi) is 4.53. The molecule has 2 rings (SSSR count). The monoisotopic (exact) mass is 273 g/mol. The number of benzene rings is 1. The summed E-state index contributed by atoms with van der Waals surface area (Å²) in [5.74, 6) is 1.48. The van der Waals surface area contributed by atoms with Crippen LogP contribution in [-0.4, -0.2) is 17.9 Å². The molecule has 0 aliphatic heterocycles. The number of nitrogens with zero attached hydrogens (tertiary/aromatic N) is 1. The Morgan fingerprint density at radius 1 is 1.20 bits per heavy atom. The minimum atomic E-state index is -0.0738. The van der Waals surface area contributed by atoms with Gasteiger partial charge in [-0.1, -0.05) is 12.1 Å². The minimum Gasteiger partial charge on any atom is -0.444 e. The number of carbonyl (C=O) groups is 1. The number of aromatic nitrogens is 1. The molecule has 20 heavy (non-hydrogen) atoms. The lowest BCUT2D eigenvalue weighted by molar-refractivity contribution is 0.0963. The standard InChI is InChI=1S/C15H19N3O2/c1-10-11(2)20-14(18-10)9-17-8-12-4-6-13(7-5-12)15(19)16-3/h4-7,17H,8-9H2,1-3H3,(H,16,19). The van der Waals surface area contributed by atoms with Crippen LogP contribution < -0.4 is 10.6 Å². The molecule has 106 valence electrons. The van der Waals surface area contributed by atoms with Crippen LogP contribution in [0.4, 0.5) is 0 Å². The highest BCUT2D eigenvalue weighted by atomic mass is 16.4. The highest BCUT2D eigenvalue weighted by molar-refractivity contribution is 5.93. The number of hydrogen-bond donors (Lipinski definition) is 2. The van der Waals surface area contributed by atoms with Crippen LogP contribution in [0.3, 0.4) is 0 Å². The lowest BCUT2D eigenvalue weighted by atomic mass is 10.1. The van der Waals surface area contributed by atoms with Crippen LogP contribution in [-0.2, 0) is 13.1 Å². The van der Waals surface area contributed by atoms with Crippen molar-refractivity contribution in [3.05, 3.63) is 52.7 Å². The molecule has 0 aliphatic carbocycles. The number of rotatable bonds is 5. The minimum absolute atomic E-state index is 0.0738. The van der Waals surface area contributed by atoms with Gasteiger partial charge in [0.1, 0.15) is 5.76 Å². The third kappa shape index (κ3) is 3.45. The highest BCUT2D eigenvalue weighted by Gasteiger charge is 2.05. The molecule has 0 spiro atoms. The van der Waals surface area contributed by atoms with E-state index >= 15 is 0 Å². The summed E-state index contributed by atoms with van der Waals surface area (Å²) in [6.45, 7) is 5.13. The zero-order valence-electron chi connectivity index (χ0n) is 12.0. The molecule has 2 aromatic rings. The van der Waals surface area contributed by atoms with Crippen molar-refractivity contribution in [2.45, 2.75) is 26.9 Å². The zero-order valence-corrected chi connectivity index (χ0v) is 12.0. The quantitative estimate of drug-likeness (QED) is 0.873. The summed E-state index contributed by atoms with van der Waals surface area (Å²) in [6, 6.07) is 7.50. The second-order valence-electron chi connectivity index (χ2n) is 4.63. The first-order valence-corrected chi connectivity index (χ1v) is 6.55. The summed E-state index contributed by atoms with van der Waals surface area (Å²) < 4.78 is 5.49. The first-order chi connectivity index (χ1) is 9.60. The molecule has 2 N–H and O–H groups in total. The van der Waals surface area contributed by atoms with Crippen LogP contribution in [0, 0.1) is 13.8 Å². The fraction of sp³-hybridized carbons (Fsp3) is 0.333. The van der Waals surface area contributed by atoms with Crippen molar-refractivity contribution < 1.29 is 9.21 Å². The van der Waals surface area contributed by atoms with E-state index in [-0.39, 0.29) is 5.91 Å². The maximum absolute atomic E-state index is 11.4. The normalized spacial score (nSPS) is 10.6. The number of hydrogen-bond acceptors (Lipinski definition) is 4. The van der Waals surface area contributed by atoms with Gasteiger partial charge in [-0.25, -0.2) is 4.98 Å². The van der Waals surface area contributed by atoms with E-state index in [4.69, 9.17) is 4.42 Å². The summed E-state index contributed by atoms with van der Waals surface area (Å²) >= 11 is 0. The van der Waals surface area contributed by atoms with Gasteiger partial charge in [-0.2, -0.15) is 0 Å². The van der Waals surface area contributed by atoms with E-state index in [9.17, 15) is 4.79 Å². The summed E-state index contributed by atoms with van der Waals surface area (Å²) in [4.78, 5) is 15.7. The van der Waals surface area contributed by atoms with Gasteiger partial charge in [-0.05, 0) is 31.5 Å². The topological polar surface area (TPSA) is 67.2 Å². The maximum atomic E-state index is 11.4. The lowest BCUT2D eigenvalue weighted by Gasteiger charge is -2.04. The summed E-state index contributed by atoms with van der Waals surface area (Å²) in [5, 5.41) is 5.86. The van der Waals surface area contributed by atoms with Crippen molar-refractivity contribution >= 4 is 5.91 Å². The number of nitrogens with one attached hydrogen (secondary N) is 2. The molecule has 5 heteroatoms. The van der Waals surface area contributed by atoms with Gasteiger partial charge in [0.25, 0.3) is 5.91 Å². The molecule has 0 aliphatic rings. The zero-order chi connectivity index (χ0) is 14.5. The van der Waals surface area contributed by atoms with Gasteiger partial charge in [0.05, 0.1) is 12.2 Å². The van der Waals surface area contributed by atoms with Gasteiger partial charge in [-0.3, -0.25) is 4.79 Å². The molecular formula is C15H19N3O2. The predicted molar refractivity (Wildman–Crippen MR) is 76.4 cm³/mol. The van der Waals surface area contributed by atoms with Crippen LogP contribution in [0.2, 0.25) is 0 Å². The smallest absolute Gasteiger partial charge is 0.251 e. The first kappa shape index (κ1) is 14.3. The van der Waals surface area contributed by atoms with E-state index in [1.54, 1.807) is 7.05 Å². The van der Waals surface area contributed by atoms with Gasteiger partial charge in [0, 0.05) is 19.2 Å². The highest BCUT2D eigenvalue weighted by Crippen LogP contribution is 2.08. The van der Waals surface area contributed by atoms with E-state index in [1.807, 2.05) is 38.1 Å². The van der Waals surface area contributed by atoms with Gasteiger partial charge in [0.2, 0.25) is 5.89 Å². The number of carbonyl (C=O) groups excluding carboxylic acids is 1. The van der Waals surface area contributed by atoms with E-state index in [0.29, 0.717) is 24.5 Å². The molecule has 0 atom stereocenters. The molecule has 0 bridgehead atoms. The van der Waals surface area contributed by atoms with Crippen molar-refractivity contribution in [3.8, 4) is 0 Å². The van der Waals surface area contributed by atoms with Crippen molar-refractivity contribution in [3.63, 3.8) is 0 Å². The third-order valence-corrected chi connectivity index (χ3v) is 3.12. The Hall–Kier alpha value is -2.14. The number of amides is 1. The Bertz CT molecular complexity index is 568. The summed E-state index contributed by atoms with van der Waals surface area (Å²) in [7, 11) is 1.62. The van der Waals surface area contributed by atoms with Crippen LogP contribution in [0.15, 0.2) is 28.7 Å². The van der Waals surface area contributed by atoms with Crippen molar-refractivity contribution in [1.29, 1.82) is 0 Å². The van der Waals surface area contributed by atoms with Gasteiger partial charge in [-0.15, -0.1) is 0 Å². The number of oxazole rings is 1. The Balaban J connectivity index is 1.86. The van der Waals surface area contributed by atoms with E-state index in [1.165, 1.54) is 0 Å². The van der Waals surface area contributed by atoms with Gasteiger partial charge < -0.3 is 15.1 Å². The predicted octanol–water partition coefficient (Wildman–Crippen LogP) is 1.94. The molecule has 0 fully saturated rings. The average Bonchev–Trinajstić information content (AvgIpc) is 2.77. The van der Waals surface area contributed by atoms with Crippen LogP contribution in [0.25, 0.3) is 0 Å². The molecule has 0 radical (unpaired) electrons. The average molecular weight is 273 g/mol. The van der Waals surface area contributed by atoms with Crippen LogP contribution in [0.5, 0.6) is 0 Å². The first-order valence-electron chi connectivity index (χ1n) is 6.55. The lowest BCUT2D eigenvalue weighted by Crippen LogP contribution is -2.18. The fourth-order valence-electron chi connectivity index (χ4n) is 1.85. The Labute approximate surface area is 118 Å². The molecule has 5 nitrogen and oxygen atoms in total. The summed E-state index contributed by atoms with van der Waals surface area (Å²) in [5.41, 5.74) is 2.70. The second kappa shape index (κ2) is 6.34. The molecule has 0 saturated heterocycles. The van der Waals surface area contributed by atoms with Crippen LogP contribution >= 0.6 is 0 Å². The van der Waals surface area contributed by atoms with Gasteiger partial charge in [0.15, 0.2) is 0 Å². The van der Waals surface area contributed by atoms with Crippen molar-refractivity contribution in [2.75, 3.05) is 7.05 Å². The van der Waals surface area contributed by atoms with Crippen LogP contribution in [0.1, 0.15) is 33.3 Å². The molecule has 1 aromatic carbocycles. The Morgan fingerprint density at radius 2 is 1.90 bits per heavy atom. The van der Waals surface area contributed by atoms with E-state index in [2.05, 4.69) is 15.6 Å². The second-order valence-corrected chi connectivity index (χ2v) is 4.63. The molecule has 0 unspecified atom stereocenters. The Morgan fingerprint density at radius 3 is 2.45 bits per heavy atom. The molecule has 1 heterocycles. The van der Waals surface area contributed by atoms with Crippen molar-refractivity contribution in [2.24, 2.45) is 0 Å². The number of aryl methyl sites for hydroxylation is 2. The third-order valence-electron chi connectivity index (χ3n) is 3.12. The SMILES string of the molecule is CNC(=O)c1ccc(CNCc2nc(C)c(C)o2)cc1. The van der Waals surface area contributed by atoms with E-state index < -0.39 is 0 Å². The molecule has 0 saturated carbocycles. The molecule has 1 aromatic heterocycles.